The van der Waals surface area contributed by atoms with E-state index in [1.807, 2.05) is 24.3 Å². The van der Waals surface area contributed by atoms with Crippen molar-refractivity contribution in [2.75, 3.05) is 18.6 Å². The standard InChI is InChI=1S/C19H20N4O3S/c1-13(24)21-17-18(25)23(15-7-10-20-11-8-15)19(27)22(17)12-9-14-3-5-16(26-2)6-4-14/h3-8,10-11,17H,9,12H2,1-2H3,(H,21,24). The molecule has 140 valence electrons. The summed E-state index contributed by atoms with van der Waals surface area (Å²) in [5.74, 6) is 0.212. The average Bonchev–Trinajstić information content (AvgIpc) is 2.90. The first kappa shape index (κ1) is 18.8. The van der Waals surface area contributed by atoms with Crippen molar-refractivity contribution in [3.05, 3.63) is 54.4 Å². The third-order valence-electron chi connectivity index (χ3n) is 4.26. The van der Waals surface area contributed by atoms with Crippen molar-refractivity contribution in [2.45, 2.75) is 19.5 Å². The summed E-state index contributed by atoms with van der Waals surface area (Å²) in [6.07, 6.45) is 3.04. The summed E-state index contributed by atoms with van der Waals surface area (Å²) in [7, 11) is 1.62. The molecule has 1 aliphatic rings. The number of rotatable bonds is 6. The summed E-state index contributed by atoms with van der Waals surface area (Å²) < 4.78 is 5.17. The minimum atomic E-state index is -0.818. The number of carbonyl (C=O) groups excluding carboxylic acids is 2. The molecule has 1 fully saturated rings. The number of hydrogen-bond donors (Lipinski definition) is 1. The molecular formula is C19H20N4O3S. The lowest BCUT2D eigenvalue weighted by molar-refractivity contribution is -0.127. The maximum absolute atomic E-state index is 12.9. The van der Waals surface area contributed by atoms with Crippen molar-refractivity contribution in [1.82, 2.24) is 15.2 Å². The molecule has 2 heterocycles. The van der Waals surface area contributed by atoms with Gasteiger partial charge in [0.05, 0.1) is 12.8 Å². The number of aromatic nitrogens is 1. The predicted octanol–water partition coefficient (Wildman–Crippen LogP) is 1.73. The Morgan fingerprint density at radius 2 is 1.89 bits per heavy atom. The zero-order valence-corrected chi connectivity index (χ0v) is 15.9. The third-order valence-corrected chi connectivity index (χ3v) is 4.68. The topological polar surface area (TPSA) is 74.8 Å². The van der Waals surface area contributed by atoms with Crippen molar-refractivity contribution >= 4 is 34.8 Å². The minimum absolute atomic E-state index is 0.281. The van der Waals surface area contributed by atoms with Crippen LogP contribution in [0.3, 0.4) is 0 Å². The Kier molecular flexibility index (Phi) is 5.66. The van der Waals surface area contributed by atoms with Crippen LogP contribution in [0.1, 0.15) is 12.5 Å². The highest BCUT2D eigenvalue weighted by atomic mass is 32.1. The lowest BCUT2D eigenvalue weighted by Crippen LogP contribution is -2.48. The molecule has 3 rings (SSSR count). The summed E-state index contributed by atoms with van der Waals surface area (Å²) in [5.41, 5.74) is 1.71. The van der Waals surface area contributed by atoms with Crippen LogP contribution < -0.4 is 15.0 Å². The van der Waals surface area contributed by atoms with E-state index >= 15 is 0 Å². The van der Waals surface area contributed by atoms with E-state index < -0.39 is 6.17 Å². The molecule has 0 saturated carbocycles. The number of benzene rings is 1. The van der Waals surface area contributed by atoms with E-state index in [9.17, 15) is 9.59 Å². The van der Waals surface area contributed by atoms with Crippen LogP contribution in [0.15, 0.2) is 48.8 Å². The highest BCUT2D eigenvalue weighted by molar-refractivity contribution is 7.80. The van der Waals surface area contributed by atoms with E-state index in [4.69, 9.17) is 17.0 Å². The van der Waals surface area contributed by atoms with Gasteiger partial charge in [-0.05, 0) is 48.5 Å². The van der Waals surface area contributed by atoms with E-state index in [1.54, 1.807) is 36.5 Å². The first-order chi connectivity index (χ1) is 13.0. The quantitative estimate of drug-likeness (QED) is 0.765. The van der Waals surface area contributed by atoms with Gasteiger partial charge in [-0.15, -0.1) is 0 Å². The van der Waals surface area contributed by atoms with Crippen molar-refractivity contribution < 1.29 is 14.3 Å². The highest BCUT2D eigenvalue weighted by Crippen LogP contribution is 2.24. The molecule has 1 saturated heterocycles. The SMILES string of the molecule is COc1ccc(CCN2C(=S)N(c3ccncc3)C(=O)C2NC(C)=O)cc1. The molecule has 2 amide bonds. The largest absolute Gasteiger partial charge is 0.497 e. The van der Waals surface area contributed by atoms with Gasteiger partial charge in [0.2, 0.25) is 5.91 Å². The molecule has 0 bridgehead atoms. The molecule has 8 heteroatoms. The van der Waals surface area contributed by atoms with Crippen LogP contribution in [0.4, 0.5) is 5.69 Å². The van der Waals surface area contributed by atoms with Crippen molar-refractivity contribution in [2.24, 2.45) is 0 Å². The van der Waals surface area contributed by atoms with Crippen molar-refractivity contribution in [1.29, 1.82) is 0 Å². The summed E-state index contributed by atoms with van der Waals surface area (Å²) in [6, 6.07) is 11.1. The zero-order valence-electron chi connectivity index (χ0n) is 15.1. The van der Waals surface area contributed by atoms with Crippen molar-refractivity contribution in [3.63, 3.8) is 0 Å². The van der Waals surface area contributed by atoms with Crippen LogP contribution >= 0.6 is 12.2 Å². The Hall–Kier alpha value is -3.00. The molecule has 0 aliphatic carbocycles. The third kappa shape index (κ3) is 4.06. The molecule has 1 N–H and O–H groups in total. The molecule has 1 aliphatic heterocycles. The Morgan fingerprint density at radius 3 is 2.48 bits per heavy atom. The molecule has 27 heavy (non-hydrogen) atoms. The molecule has 1 aromatic heterocycles. The van der Waals surface area contributed by atoms with Gasteiger partial charge >= 0.3 is 0 Å². The van der Waals surface area contributed by atoms with Gasteiger partial charge in [0, 0.05) is 25.9 Å². The second-order valence-electron chi connectivity index (χ2n) is 6.06. The second-order valence-corrected chi connectivity index (χ2v) is 6.42. The molecule has 1 atom stereocenters. The van der Waals surface area contributed by atoms with Gasteiger partial charge < -0.3 is 15.0 Å². The van der Waals surface area contributed by atoms with Crippen LogP contribution in [0.25, 0.3) is 0 Å². The number of nitrogens with one attached hydrogen (secondary N) is 1. The monoisotopic (exact) mass is 384 g/mol. The van der Waals surface area contributed by atoms with Gasteiger partial charge in [-0.3, -0.25) is 19.5 Å². The average molecular weight is 384 g/mol. The van der Waals surface area contributed by atoms with E-state index in [0.29, 0.717) is 23.8 Å². The lowest BCUT2D eigenvalue weighted by atomic mass is 10.1. The lowest BCUT2D eigenvalue weighted by Gasteiger charge is -2.24. The Balaban J connectivity index is 1.80. The van der Waals surface area contributed by atoms with Gasteiger partial charge in [0.15, 0.2) is 11.3 Å². The predicted molar refractivity (Wildman–Crippen MR) is 105 cm³/mol. The van der Waals surface area contributed by atoms with Crippen LogP contribution in [0, 0.1) is 0 Å². The summed E-state index contributed by atoms with van der Waals surface area (Å²) in [5, 5.41) is 3.06. The highest BCUT2D eigenvalue weighted by Gasteiger charge is 2.43. The van der Waals surface area contributed by atoms with E-state index in [-0.39, 0.29) is 11.8 Å². The smallest absolute Gasteiger partial charge is 0.276 e. The number of amides is 2. The van der Waals surface area contributed by atoms with Crippen LogP contribution in [-0.4, -0.2) is 46.6 Å². The summed E-state index contributed by atoms with van der Waals surface area (Å²) in [4.78, 5) is 31.7. The van der Waals surface area contributed by atoms with E-state index in [0.717, 1.165) is 11.3 Å². The molecular weight excluding hydrogens is 364 g/mol. The molecule has 0 radical (unpaired) electrons. The van der Waals surface area contributed by atoms with Gasteiger partial charge in [-0.25, -0.2) is 0 Å². The maximum Gasteiger partial charge on any atom is 0.276 e. The van der Waals surface area contributed by atoms with Gasteiger partial charge in [0.25, 0.3) is 5.91 Å². The number of pyridine rings is 1. The molecule has 2 aromatic rings. The van der Waals surface area contributed by atoms with Gasteiger partial charge in [0.1, 0.15) is 5.75 Å². The number of nitrogens with zero attached hydrogens (tertiary/aromatic N) is 3. The van der Waals surface area contributed by atoms with Crippen LogP contribution in [-0.2, 0) is 16.0 Å². The number of carbonyl (C=O) groups is 2. The first-order valence-electron chi connectivity index (χ1n) is 8.46. The van der Waals surface area contributed by atoms with Gasteiger partial charge in [-0.2, -0.15) is 0 Å². The van der Waals surface area contributed by atoms with Gasteiger partial charge in [-0.1, -0.05) is 12.1 Å². The number of methoxy groups -OCH3 is 1. The molecule has 1 unspecified atom stereocenters. The second kappa shape index (κ2) is 8.13. The number of thiocarbonyl (C=S) groups is 1. The van der Waals surface area contributed by atoms with Crippen LogP contribution in [0.5, 0.6) is 5.75 Å². The van der Waals surface area contributed by atoms with Crippen LogP contribution in [0.2, 0.25) is 0 Å². The number of ether oxygens (including phenoxy) is 1. The van der Waals surface area contributed by atoms with E-state index in [2.05, 4.69) is 10.3 Å². The molecule has 1 aromatic carbocycles. The Bertz CT molecular complexity index is 842. The maximum atomic E-state index is 12.9. The van der Waals surface area contributed by atoms with Crippen molar-refractivity contribution in [3.8, 4) is 5.75 Å². The first-order valence-corrected chi connectivity index (χ1v) is 8.86. The fourth-order valence-electron chi connectivity index (χ4n) is 2.92. The summed E-state index contributed by atoms with van der Waals surface area (Å²) in [6.45, 7) is 1.87. The fraction of sp³-hybridized carbons (Fsp3) is 0.263. The molecule has 0 spiro atoms. The van der Waals surface area contributed by atoms with E-state index in [1.165, 1.54) is 11.8 Å². The number of anilines is 1. The molecule has 7 nitrogen and oxygen atoms in total. The normalized spacial score (nSPS) is 16.6. The Morgan fingerprint density at radius 1 is 1.22 bits per heavy atom. The Labute approximate surface area is 162 Å². The number of hydrogen-bond acceptors (Lipinski definition) is 5. The fourth-order valence-corrected chi connectivity index (χ4v) is 3.31. The zero-order chi connectivity index (χ0) is 19.4. The summed E-state index contributed by atoms with van der Waals surface area (Å²) >= 11 is 5.55. The minimum Gasteiger partial charge on any atom is -0.497 e.